The number of thiophene rings is 1. The number of rotatable bonds is 8. The third kappa shape index (κ3) is 5.01. The van der Waals surface area contributed by atoms with Gasteiger partial charge in [-0.05, 0) is 85.4 Å². The van der Waals surface area contributed by atoms with Gasteiger partial charge in [0.1, 0.15) is 11.3 Å². The van der Waals surface area contributed by atoms with Crippen molar-refractivity contribution < 1.29 is 0 Å². The number of allylic oxidation sites excluding steroid dienone is 5. The van der Waals surface area contributed by atoms with Crippen molar-refractivity contribution in [1.82, 2.24) is 20.2 Å². The van der Waals surface area contributed by atoms with E-state index in [1.165, 1.54) is 32.0 Å². The van der Waals surface area contributed by atoms with Crippen molar-refractivity contribution in [2.24, 2.45) is 0 Å². The third-order valence-corrected chi connectivity index (χ3v) is 8.18. The average Bonchev–Trinajstić information content (AvgIpc) is 3.71. The van der Waals surface area contributed by atoms with E-state index in [9.17, 15) is 0 Å². The van der Waals surface area contributed by atoms with Crippen LogP contribution in [0.15, 0.2) is 109 Å². The van der Waals surface area contributed by atoms with Gasteiger partial charge in [0.25, 0.3) is 0 Å². The Morgan fingerprint density at radius 3 is 2.64 bits per heavy atom. The predicted octanol–water partition coefficient (Wildman–Crippen LogP) is 9.29. The maximum absolute atomic E-state index is 4.70. The lowest BCUT2D eigenvalue weighted by Crippen LogP contribution is -1.89. The maximum atomic E-state index is 4.70. The molecule has 2 aromatic carbocycles. The van der Waals surface area contributed by atoms with Gasteiger partial charge in [-0.2, -0.15) is 5.10 Å². The summed E-state index contributed by atoms with van der Waals surface area (Å²) in [6.07, 6.45) is 10.2. The minimum absolute atomic E-state index is 0.868. The molecule has 0 bridgehead atoms. The van der Waals surface area contributed by atoms with Crippen LogP contribution in [0, 0.1) is 6.92 Å². The summed E-state index contributed by atoms with van der Waals surface area (Å²) in [7, 11) is 0. The molecular weight excluding hydrogens is 496 g/mol. The fraction of sp³-hybridized carbons (Fsp3) is 0.118. The van der Waals surface area contributed by atoms with E-state index in [1.807, 2.05) is 12.3 Å². The highest BCUT2D eigenvalue weighted by Gasteiger charge is 2.15. The lowest BCUT2D eigenvalue weighted by atomic mass is 9.97. The number of aromatic nitrogens is 4. The molecular formula is C34H30N4S. The summed E-state index contributed by atoms with van der Waals surface area (Å²) in [5.41, 5.74) is 9.78. The first-order chi connectivity index (χ1) is 19.1. The van der Waals surface area contributed by atoms with Crippen molar-refractivity contribution in [3.63, 3.8) is 0 Å². The Bertz CT molecular complexity index is 1850. The molecule has 0 radical (unpaired) electrons. The minimum Gasteiger partial charge on any atom is -0.338 e. The Labute approximate surface area is 232 Å². The Hall–Kier alpha value is -4.48. The lowest BCUT2D eigenvalue weighted by molar-refractivity contribution is 0.966. The van der Waals surface area contributed by atoms with Crippen LogP contribution in [0.25, 0.3) is 49.3 Å². The average molecular weight is 527 g/mol. The van der Waals surface area contributed by atoms with Crippen LogP contribution in [0.2, 0.25) is 0 Å². The molecule has 6 aromatic rings. The van der Waals surface area contributed by atoms with E-state index < -0.39 is 0 Å². The molecule has 4 nitrogen and oxygen atoms in total. The van der Waals surface area contributed by atoms with Crippen molar-refractivity contribution in [3.8, 4) is 21.8 Å². The zero-order valence-electron chi connectivity index (χ0n) is 22.2. The number of aryl methyl sites for hydroxylation is 2. The first kappa shape index (κ1) is 24.8. The van der Waals surface area contributed by atoms with Gasteiger partial charge >= 0.3 is 0 Å². The molecule has 0 amide bonds. The number of aromatic amines is 2. The summed E-state index contributed by atoms with van der Waals surface area (Å²) in [4.78, 5) is 10.7. The molecule has 0 aliphatic heterocycles. The van der Waals surface area contributed by atoms with Crippen LogP contribution in [-0.2, 0) is 6.42 Å². The Kier molecular flexibility index (Phi) is 6.82. The van der Waals surface area contributed by atoms with Crippen molar-refractivity contribution in [2.45, 2.75) is 26.7 Å². The number of pyridine rings is 1. The molecule has 6 rings (SSSR count). The summed E-state index contributed by atoms with van der Waals surface area (Å²) in [6, 6.07) is 25.7. The number of nitrogens with one attached hydrogen (secondary N) is 2. The van der Waals surface area contributed by atoms with E-state index in [0.29, 0.717) is 0 Å². The van der Waals surface area contributed by atoms with Gasteiger partial charge in [0.2, 0.25) is 0 Å². The molecule has 0 aliphatic carbocycles. The van der Waals surface area contributed by atoms with Crippen LogP contribution in [0.1, 0.15) is 29.3 Å². The highest BCUT2D eigenvalue weighted by molar-refractivity contribution is 7.15. The molecule has 0 atom stereocenters. The van der Waals surface area contributed by atoms with Crippen LogP contribution < -0.4 is 0 Å². The van der Waals surface area contributed by atoms with Gasteiger partial charge in [0, 0.05) is 32.3 Å². The van der Waals surface area contributed by atoms with Crippen LogP contribution in [-0.4, -0.2) is 20.2 Å². The van der Waals surface area contributed by atoms with Gasteiger partial charge in [0.15, 0.2) is 0 Å². The van der Waals surface area contributed by atoms with Gasteiger partial charge in [-0.1, -0.05) is 61.2 Å². The van der Waals surface area contributed by atoms with Crippen molar-refractivity contribution in [2.75, 3.05) is 0 Å². The quantitative estimate of drug-likeness (QED) is 0.194. The minimum atomic E-state index is 0.868. The Morgan fingerprint density at radius 1 is 1.00 bits per heavy atom. The Morgan fingerprint density at radius 2 is 1.87 bits per heavy atom. The molecule has 0 aliphatic rings. The number of H-pyrrole nitrogens is 2. The highest BCUT2D eigenvalue weighted by atomic mass is 32.1. The standard InChI is InChI=1S/C34H30N4S/c1-4-23(12-13-24-9-7-6-8-10-24)19-25(5-2)26-14-15-30-29(20-26)33(38-37-30)31-21-28-27(17-18-35-34(28)36-31)32-16-11-22(3)39-32/h4-11,14-21H,1,12-13H2,2-3H3,(H,35,36)(H,37,38)/b23-19+,25-5+. The number of hydrogen-bond donors (Lipinski definition) is 2. The van der Waals surface area contributed by atoms with Crippen LogP contribution >= 0.6 is 11.3 Å². The molecule has 2 N–H and O–H groups in total. The molecule has 4 heterocycles. The maximum Gasteiger partial charge on any atom is 0.138 e. The molecule has 0 fully saturated rings. The molecule has 0 saturated heterocycles. The normalized spacial score (nSPS) is 12.5. The smallest absolute Gasteiger partial charge is 0.138 e. The number of benzene rings is 2. The van der Waals surface area contributed by atoms with E-state index in [1.54, 1.807) is 11.3 Å². The van der Waals surface area contributed by atoms with Gasteiger partial charge in [-0.25, -0.2) is 4.98 Å². The summed E-state index contributed by atoms with van der Waals surface area (Å²) in [6.45, 7) is 8.30. The summed E-state index contributed by atoms with van der Waals surface area (Å²) >= 11 is 1.80. The molecule has 0 spiro atoms. The number of hydrogen-bond acceptors (Lipinski definition) is 3. The topological polar surface area (TPSA) is 57.4 Å². The number of fused-ring (bicyclic) bond motifs is 2. The molecule has 39 heavy (non-hydrogen) atoms. The van der Waals surface area contributed by atoms with Crippen molar-refractivity contribution in [3.05, 3.63) is 125 Å². The van der Waals surface area contributed by atoms with Crippen molar-refractivity contribution >= 4 is 38.8 Å². The van der Waals surface area contributed by atoms with Gasteiger partial charge < -0.3 is 4.98 Å². The van der Waals surface area contributed by atoms with Gasteiger partial charge in [-0.3, -0.25) is 5.10 Å². The van der Waals surface area contributed by atoms with E-state index in [-0.39, 0.29) is 0 Å². The van der Waals surface area contributed by atoms with Gasteiger partial charge in [0.05, 0.1) is 11.2 Å². The zero-order valence-corrected chi connectivity index (χ0v) is 23.0. The largest absolute Gasteiger partial charge is 0.338 e. The first-order valence-electron chi connectivity index (χ1n) is 13.2. The second-order valence-electron chi connectivity index (χ2n) is 9.70. The SMILES string of the molecule is C=C/C(=C\C(=C/C)c1ccc2[nH]nc(-c3cc4c(-c5ccc(C)s5)ccnc4[nH]3)c2c1)CCc1ccccc1. The molecule has 0 saturated carbocycles. The molecule has 5 heteroatoms. The first-order valence-corrected chi connectivity index (χ1v) is 14.0. The molecule has 4 aromatic heterocycles. The summed E-state index contributed by atoms with van der Waals surface area (Å²) in [5, 5.41) is 10.1. The lowest BCUT2D eigenvalue weighted by Gasteiger charge is -2.07. The predicted molar refractivity (Wildman–Crippen MR) is 166 cm³/mol. The zero-order chi connectivity index (χ0) is 26.8. The number of nitrogens with zero attached hydrogens (tertiary/aromatic N) is 2. The second kappa shape index (κ2) is 10.7. The van der Waals surface area contributed by atoms with Crippen LogP contribution in [0.5, 0.6) is 0 Å². The van der Waals surface area contributed by atoms with Crippen LogP contribution in [0.4, 0.5) is 0 Å². The fourth-order valence-electron chi connectivity index (χ4n) is 5.05. The van der Waals surface area contributed by atoms with E-state index in [0.717, 1.165) is 51.7 Å². The fourth-order valence-corrected chi connectivity index (χ4v) is 5.95. The van der Waals surface area contributed by atoms with Crippen molar-refractivity contribution in [1.29, 1.82) is 0 Å². The van der Waals surface area contributed by atoms with E-state index in [2.05, 4.69) is 120 Å². The summed E-state index contributed by atoms with van der Waals surface area (Å²) in [5.74, 6) is 0. The van der Waals surface area contributed by atoms with Gasteiger partial charge in [-0.15, -0.1) is 11.3 Å². The molecule has 192 valence electrons. The third-order valence-electron chi connectivity index (χ3n) is 7.15. The second-order valence-corrected chi connectivity index (χ2v) is 11.0. The molecule has 0 unspecified atom stereocenters. The highest BCUT2D eigenvalue weighted by Crippen LogP contribution is 2.36. The monoisotopic (exact) mass is 526 g/mol. The van der Waals surface area contributed by atoms with E-state index in [4.69, 9.17) is 5.10 Å². The summed E-state index contributed by atoms with van der Waals surface area (Å²) < 4.78 is 0. The van der Waals surface area contributed by atoms with Crippen LogP contribution in [0.3, 0.4) is 0 Å². The Balaban J connectivity index is 1.35. The van der Waals surface area contributed by atoms with E-state index >= 15 is 0 Å².